The van der Waals surface area contributed by atoms with Crippen LogP contribution in [0.3, 0.4) is 0 Å². The highest BCUT2D eigenvalue weighted by Crippen LogP contribution is 2.11. The number of rotatable bonds is 6. The summed E-state index contributed by atoms with van der Waals surface area (Å²) in [7, 11) is 1.99. The van der Waals surface area contributed by atoms with Crippen LogP contribution in [0.15, 0.2) is 43.1 Å². The fraction of sp³-hybridized carbons (Fsp3) is 0.444. The molecular weight excluding hydrogens is 316 g/mol. The number of amides is 1. The van der Waals surface area contributed by atoms with E-state index in [1.165, 1.54) is 5.56 Å². The SMILES string of the molecule is CN(CCc1ccncc1)CC(=O)N1CCN(c2cnccn2)CC1. The van der Waals surface area contributed by atoms with Crippen molar-refractivity contribution >= 4 is 11.7 Å². The number of carbonyl (C=O) groups is 1. The molecule has 3 heterocycles. The van der Waals surface area contributed by atoms with Crippen molar-refractivity contribution < 1.29 is 4.79 Å². The van der Waals surface area contributed by atoms with Gasteiger partial charge in [-0.15, -0.1) is 0 Å². The highest BCUT2D eigenvalue weighted by Gasteiger charge is 2.22. The molecule has 0 radical (unpaired) electrons. The standard InChI is InChI=1S/C18H24N6O/c1-22(9-4-16-2-5-19-6-3-16)15-18(25)24-12-10-23(11-13-24)17-14-20-7-8-21-17/h2-3,5-8,14H,4,9-13,15H2,1H3. The van der Waals surface area contributed by atoms with Gasteiger partial charge in [0.1, 0.15) is 5.82 Å². The van der Waals surface area contributed by atoms with Crippen LogP contribution in [0.2, 0.25) is 0 Å². The van der Waals surface area contributed by atoms with Gasteiger partial charge in [0, 0.05) is 57.5 Å². The number of likely N-dealkylation sites (N-methyl/N-ethyl adjacent to an activating group) is 1. The second-order valence-electron chi connectivity index (χ2n) is 6.27. The minimum atomic E-state index is 0.191. The average molecular weight is 340 g/mol. The Hall–Kier alpha value is -2.54. The molecule has 0 atom stereocenters. The van der Waals surface area contributed by atoms with Crippen LogP contribution >= 0.6 is 0 Å². The predicted molar refractivity (Wildman–Crippen MR) is 96.3 cm³/mol. The minimum Gasteiger partial charge on any atom is -0.352 e. The second-order valence-corrected chi connectivity index (χ2v) is 6.27. The fourth-order valence-corrected chi connectivity index (χ4v) is 2.92. The lowest BCUT2D eigenvalue weighted by Crippen LogP contribution is -2.51. The summed E-state index contributed by atoms with van der Waals surface area (Å²) in [5.74, 6) is 1.07. The van der Waals surface area contributed by atoms with Crippen molar-refractivity contribution in [2.45, 2.75) is 6.42 Å². The first-order valence-corrected chi connectivity index (χ1v) is 8.58. The maximum atomic E-state index is 12.5. The molecular formula is C18H24N6O. The van der Waals surface area contributed by atoms with E-state index in [9.17, 15) is 4.79 Å². The third-order valence-corrected chi connectivity index (χ3v) is 4.44. The van der Waals surface area contributed by atoms with E-state index in [0.717, 1.165) is 45.0 Å². The Labute approximate surface area is 148 Å². The van der Waals surface area contributed by atoms with Crippen LogP contribution < -0.4 is 4.90 Å². The van der Waals surface area contributed by atoms with Gasteiger partial charge in [0.15, 0.2) is 0 Å². The minimum absolute atomic E-state index is 0.191. The van der Waals surface area contributed by atoms with E-state index in [1.807, 2.05) is 24.1 Å². The molecule has 3 rings (SSSR count). The molecule has 1 aliphatic heterocycles. The molecule has 25 heavy (non-hydrogen) atoms. The zero-order valence-electron chi connectivity index (χ0n) is 14.6. The van der Waals surface area contributed by atoms with Crippen LogP contribution in [-0.4, -0.2) is 77.0 Å². The quantitative estimate of drug-likeness (QED) is 0.771. The maximum absolute atomic E-state index is 12.5. The van der Waals surface area contributed by atoms with Crippen molar-refractivity contribution in [3.63, 3.8) is 0 Å². The molecule has 132 valence electrons. The van der Waals surface area contributed by atoms with E-state index < -0.39 is 0 Å². The van der Waals surface area contributed by atoms with Gasteiger partial charge in [-0.05, 0) is 31.2 Å². The van der Waals surface area contributed by atoms with Gasteiger partial charge >= 0.3 is 0 Å². The number of pyridine rings is 1. The summed E-state index contributed by atoms with van der Waals surface area (Å²) in [5.41, 5.74) is 1.24. The first-order valence-electron chi connectivity index (χ1n) is 8.58. The number of hydrogen-bond acceptors (Lipinski definition) is 6. The molecule has 7 heteroatoms. The summed E-state index contributed by atoms with van der Waals surface area (Å²) in [6, 6.07) is 4.03. The molecule has 0 bridgehead atoms. The normalized spacial score (nSPS) is 14.8. The first-order chi connectivity index (χ1) is 12.2. The van der Waals surface area contributed by atoms with Crippen LogP contribution in [0.5, 0.6) is 0 Å². The Morgan fingerprint density at radius 1 is 1.08 bits per heavy atom. The van der Waals surface area contributed by atoms with Crippen molar-refractivity contribution in [2.75, 3.05) is 51.2 Å². The monoisotopic (exact) mass is 340 g/mol. The maximum Gasteiger partial charge on any atom is 0.236 e. The number of hydrogen-bond donors (Lipinski definition) is 0. The Morgan fingerprint density at radius 2 is 1.84 bits per heavy atom. The highest BCUT2D eigenvalue weighted by molar-refractivity contribution is 5.78. The van der Waals surface area contributed by atoms with E-state index in [2.05, 4.69) is 24.8 Å². The Bertz CT molecular complexity index is 658. The molecule has 0 saturated carbocycles. The molecule has 0 aliphatic carbocycles. The molecule has 2 aromatic heterocycles. The van der Waals surface area contributed by atoms with Gasteiger partial charge in [-0.3, -0.25) is 19.7 Å². The fourth-order valence-electron chi connectivity index (χ4n) is 2.92. The van der Waals surface area contributed by atoms with Crippen LogP contribution in [0, 0.1) is 0 Å². The van der Waals surface area contributed by atoms with Crippen molar-refractivity contribution in [1.29, 1.82) is 0 Å². The number of piperazine rings is 1. The lowest BCUT2D eigenvalue weighted by molar-refractivity contribution is -0.132. The molecule has 1 saturated heterocycles. The van der Waals surface area contributed by atoms with Crippen LogP contribution in [0.25, 0.3) is 0 Å². The average Bonchev–Trinajstić information content (AvgIpc) is 2.68. The summed E-state index contributed by atoms with van der Waals surface area (Å²) in [5, 5.41) is 0. The zero-order valence-corrected chi connectivity index (χ0v) is 14.6. The van der Waals surface area contributed by atoms with Gasteiger partial charge in [0.05, 0.1) is 12.7 Å². The van der Waals surface area contributed by atoms with E-state index in [4.69, 9.17) is 0 Å². The van der Waals surface area contributed by atoms with Gasteiger partial charge < -0.3 is 9.80 Å². The Balaban J connectivity index is 1.41. The summed E-state index contributed by atoms with van der Waals surface area (Å²) < 4.78 is 0. The van der Waals surface area contributed by atoms with E-state index >= 15 is 0 Å². The number of aromatic nitrogens is 3. The molecule has 0 unspecified atom stereocenters. The van der Waals surface area contributed by atoms with Crippen molar-refractivity contribution in [2.24, 2.45) is 0 Å². The number of anilines is 1. The van der Waals surface area contributed by atoms with Crippen LogP contribution in [-0.2, 0) is 11.2 Å². The third-order valence-electron chi connectivity index (χ3n) is 4.44. The van der Waals surface area contributed by atoms with Gasteiger partial charge in [0.2, 0.25) is 5.91 Å². The number of carbonyl (C=O) groups excluding carboxylic acids is 1. The zero-order chi connectivity index (χ0) is 17.5. The van der Waals surface area contributed by atoms with E-state index in [0.29, 0.717) is 6.54 Å². The lowest BCUT2D eigenvalue weighted by atomic mass is 10.2. The summed E-state index contributed by atoms with van der Waals surface area (Å²) in [6.07, 6.45) is 9.67. The first kappa shape index (κ1) is 17.3. The third kappa shape index (κ3) is 4.96. The van der Waals surface area contributed by atoms with Crippen molar-refractivity contribution in [3.8, 4) is 0 Å². The van der Waals surface area contributed by atoms with Gasteiger partial charge in [0.25, 0.3) is 0 Å². The number of nitrogens with zero attached hydrogens (tertiary/aromatic N) is 6. The Kier molecular flexibility index (Phi) is 5.90. The van der Waals surface area contributed by atoms with E-state index in [-0.39, 0.29) is 5.91 Å². The highest BCUT2D eigenvalue weighted by atomic mass is 16.2. The van der Waals surface area contributed by atoms with Crippen molar-refractivity contribution in [1.82, 2.24) is 24.8 Å². The van der Waals surface area contributed by atoms with Gasteiger partial charge in [-0.2, -0.15) is 0 Å². The van der Waals surface area contributed by atoms with Gasteiger partial charge in [-0.1, -0.05) is 0 Å². The molecule has 1 fully saturated rings. The van der Waals surface area contributed by atoms with Crippen molar-refractivity contribution in [3.05, 3.63) is 48.7 Å². The molecule has 1 amide bonds. The molecule has 0 N–H and O–H groups in total. The predicted octanol–water partition coefficient (Wildman–Crippen LogP) is 0.695. The van der Waals surface area contributed by atoms with Crippen LogP contribution in [0.4, 0.5) is 5.82 Å². The summed E-state index contributed by atoms with van der Waals surface area (Å²) in [6.45, 7) is 4.36. The molecule has 7 nitrogen and oxygen atoms in total. The summed E-state index contributed by atoms with van der Waals surface area (Å²) in [4.78, 5) is 31.1. The smallest absolute Gasteiger partial charge is 0.236 e. The molecule has 1 aliphatic rings. The van der Waals surface area contributed by atoms with Gasteiger partial charge in [-0.25, -0.2) is 4.98 Å². The Morgan fingerprint density at radius 3 is 2.52 bits per heavy atom. The molecule has 0 spiro atoms. The summed E-state index contributed by atoms with van der Waals surface area (Å²) >= 11 is 0. The second kappa shape index (κ2) is 8.53. The largest absolute Gasteiger partial charge is 0.352 e. The lowest BCUT2D eigenvalue weighted by Gasteiger charge is -2.35. The molecule has 2 aromatic rings. The molecule has 0 aromatic carbocycles. The topological polar surface area (TPSA) is 65.5 Å². The van der Waals surface area contributed by atoms with Crippen LogP contribution in [0.1, 0.15) is 5.56 Å². The van der Waals surface area contributed by atoms with E-state index in [1.54, 1.807) is 31.0 Å².